The fourth-order valence-corrected chi connectivity index (χ4v) is 3.22. The van der Waals surface area contributed by atoms with Crippen molar-refractivity contribution in [3.8, 4) is 0 Å². The summed E-state index contributed by atoms with van der Waals surface area (Å²) in [6, 6.07) is 17.9. The first-order valence-corrected chi connectivity index (χ1v) is 9.24. The van der Waals surface area contributed by atoms with Crippen LogP contribution < -0.4 is 10.6 Å². The summed E-state index contributed by atoms with van der Waals surface area (Å²) in [5.74, 6) is -0.822. The van der Waals surface area contributed by atoms with Crippen molar-refractivity contribution in [1.29, 1.82) is 0 Å². The van der Waals surface area contributed by atoms with Crippen molar-refractivity contribution >= 4 is 39.2 Å². The lowest BCUT2D eigenvalue weighted by molar-refractivity contribution is -0.126. The Labute approximate surface area is 166 Å². The van der Waals surface area contributed by atoms with E-state index in [4.69, 9.17) is 0 Å². The molecule has 1 atom stereocenters. The van der Waals surface area contributed by atoms with Gasteiger partial charge in [0.05, 0.1) is 24.7 Å². The maximum absolute atomic E-state index is 12.5. The summed E-state index contributed by atoms with van der Waals surface area (Å²) in [4.78, 5) is 24.9. The van der Waals surface area contributed by atoms with E-state index < -0.39 is 18.6 Å². The van der Waals surface area contributed by atoms with Crippen molar-refractivity contribution in [3.05, 3.63) is 72.4 Å². The second kappa shape index (κ2) is 8.12. The first kappa shape index (κ1) is 18.6. The Morgan fingerprint density at radius 3 is 2.62 bits per heavy atom. The van der Waals surface area contributed by atoms with Gasteiger partial charge in [0.25, 0.3) is 0 Å². The number of nitrogens with zero attached hydrogens (tertiary/aromatic N) is 1. The van der Waals surface area contributed by atoms with Gasteiger partial charge in [-0.05, 0) is 34.5 Å². The molecule has 0 bridgehead atoms. The smallest absolute Gasteiger partial charge is 0.249 e. The van der Waals surface area contributed by atoms with Crippen LogP contribution in [0.5, 0.6) is 0 Å². The van der Waals surface area contributed by atoms with E-state index in [9.17, 15) is 14.7 Å². The molecule has 29 heavy (non-hydrogen) atoms. The molecule has 0 saturated heterocycles. The number of aliphatic hydroxyl groups is 1. The molecule has 4 N–H and O–H groups in total. The number of fused-ring (bicyclic) bond motifs is 2. The van der Waals surface area contributed by atoms with Crippen molar-refractivity contribution in [2.24, 2.45) is 0 Å². The topological polar surface area (TPSA) is 107 Å². The number of hydrogen-bond donors (Lipinski definition) is 4. The van der Waals surface area contributed by atoms with Gasteiger partial charge in [-0.1, -0.05) is 42.5 Å². The highest BCUT2D eigenvalue weighted by molar-refractivity contribution is 5.99. The van der Waals surface area contributed by atoms with Crippen LogP contribution in [-0.2, 0) is 16.0 Å². The number of nitrogens with one attached hydrogen (secondary N) is 3. The van der Waals surface area contributed by atoms with Crippen molar-refractivity contribution in [3.63, 3.8) is 0 Å². The fraction of sp³-hybridized carbons (Fsp3) is 0.136. The normalized spacial score (nSPS) is 12.0. The molecule has 4 rings (SSSR count). The molecule has 0 spiro atoms. The summed E-state index contributed by atoms with van der Waals surface area (Å²) >= 11 is 0. The van der Waals surface area contributed by atoms with Crippen LogP contribution in [0, 0.1) is 0 Å². The second-order valence-corrected chi connectivity index (χ2v) is 6.82. The van der Waals surface area contributed by atoms with Gasteiger partial charge in [0.1, 0.15) is 6.04 Å². The molecule has 1 heterocycles. The highest BCUT2D eigenvalue weighted by atomic mass is 16.3. The highest BCUT2D eigenvalue weighted by Gasteiger charge is 2.20. The molecule has 3 aromatic carbocycles. The van der Waals surface area contributed by atoms with E-state index in [0.717, 1.165) is 27.2 Å². The van der Waals surface area contributed by atoms with E-state index in [2.05, 4.69) is 20.8 Å². The van der Waals surface area contributed by atoms with Crippen LogP contribution in [0.4, 0.5) is 5.69 Å². The first-order chi connectivity index (χ1) is 14.1. The molecule has 0 saturated carbocycles. The number of carbonyl (C=O) groups excluding carboxylic acids is 2. The molecule has 1 aromatic heterocycles. The zero-order valence-electron chi connectivity index (χ0n) is 15.6. The van der Waals surface area contributed by atoms with Crippen molar-refractivity contribution in [2.45, 2.75) is 12.5 Å². The molecule has 0 aliphatic carbocycles. The third kappa shape index (κ3) is 4.25. The third-order valence-corrected chi connectivity index (χ3v) is 4.72. The summed E-state index contributed by atoms with van der Waals surface area (Å²) < 4.78 is 0. The molecule has 2 amide bonds. The van der Waals surface area contributed by atoms with Gasteiger partial charge in [0.2, 0.25) is 11.8 Å². The number of H-pyrrole nitrogens is 1. The number of rotatable bonds is 6. The molecule has 4 aromatic rings. The molecular weight excluding hydrogens is 368 g/mol. The van der Waals surface area contributed by atoms with Gasteiger partial charge in [-0.25, -0.2) is 0 Å². The Balaban J connectivity index is 1.40. The number of carbonyl (C=O) groups is 2. The summed E-state index contributed by atoms with van der Waals surface area (Å²) in [6.45, 7) is -0.498. The average Bonchev–Trinajstić information content (AvgIpc) is 3.19. The summed E-state index contributed by atoms with van der Waals surface area (Å²) in [7, 11) is 0. The lowest BCUT2D eigenvalue weighted by Crippen LogP contribution is -2.46. The van der Waals surface area contributed by atoms with E-state index in [-0.39, 0.29) is 12.3 Å². The monoisotopic (exact) mass is 388 g/mol. The Morgan fingerprint density at radius 1 is 1.00 bits per heavy atom. The molecule has 0 aliphatic heterocycles. The molecular formula is C22H20N4O3. The van der Waals surface area contributed by atoms with Gasteiger partial charge in [-0.2, -0.15) is 5.10 Å². The van der Waals surface area contributed by atoms with Gasteiger partial charge in [-0.3, -0.25) is 14.7 Å². The lowest BCUT2D eigenvalue weighted by atomic mass is 10.0. The summed E-state index contributed by atoms with van der Waals surface area (Å²) in [5, 5.41) is 24.7. The number of aromatic nitrogens is 2. The van der Waals surface area contributed by atoms with Gasteiger partial charge >= 0.3 is 0 Å². The number of aliphatic hydroxyl groups excluding tert-OH is 1. The SMILES string of the molecule is O=C(Cc1ccc2ccccc2c1)NC(CO)C(=O)Nc1ccc2cn[nH]c2c1. The zero-order chi connectivity index (χ0) is 20.2. The van der Waals surface area contributed by atoms with Crippen molar-refractivity contribution in [2.75, 3.05) is 11.9 Å². The minimum atomic E-state index is -1.04. The predicted molar refractivity (Wildman–Crippen MR) is 111 cm³/mol. The van der Waals surface area contributed by atoms with Crippen LogP contribution >= 0.6 is 0 Å². The third-order valence-electron chi connectivity index (χ3n) is 4.72. The number of hydrogen-bond acceptors (Lipinski definition) is 4. The zero-order valence-corrected chi connectivity index (χ0v) is 15.6. The first-order valence-electron chi connectivity index (χ1n) is 9.24. The largest absolute Gasteiger partial charge is 0.394 e. The predicted octanol–water partition coefficient (Wildman–Crippen LogP) is 2.37. The van der Waals surface area contributed by atoms with E-state index in [1.54, 1.807) is 18.3 Å². The standard InChI is InChI=1S/C22H20N4O3/c27-13-20(22(29)24-18-8-7-17-12-23-26-19(17)11-18)25-21(28)10-14-5-6-15-3-1-2-4-16(15)9-14/h1-9,11-12,20,27H,10,13H2,(H,23,26)(H,24,29)(H,25,28). The molecule has 7 nitrogen and oxygen atoms in total. The molecule has 0 aliphatic rings. The van der Waals surface area contributed by atoms with Crippen LogP contribution in [0.25, 0.3) is 21.7 Å². The van der Waals surface area contributed by atoms with Crippen LogP contribution in [0.1, 0.15) is 5.56 Å². The Hall–Kier alpha value is -3.71. The van der Waals surface area contributed by atoms with E-state index in [0.29, 0.717) is 5.69 Å². The highest BCUT2D eigenvalue weighted by Crippen LogP contribution is 2.17. The van der Waals surface area contributed by atoms with Gasteiger partial charge in [0, 0.05) is 11.1 Å². The lowest BCUT2D eigenvalue weighted by Gasteiger charge is -2.16. The summed E-state index contributed by atoms with van der Waals surface area (Å²) in [6.07, 6.45) is 1.80. The minimum absolute atomic E-state index is 0.120. The summed E-state index contributed by atoms with van der Waals surface area (Å²) in [5.41, 5.74) is 2.17. The van der Waals surface area contributed by atoms with Crippen molar-refractivity contribution in [1.82, 2.24) is 15.5 Å². The molecule has 1 unspecified atom stereocenters. The maximum Gasteiger partial charge on any atom is 0.249 e. The maximum atomic E-state index is 12.5. The molecule has 0 radical (unpaired) electrons. The molecule has 0 fully saturated rings. The Bertz CT molecular complexity index is 1180. The van der Waals surface area contributed by atoms with Gasteiger partial charge < -0.3 is 15.7 Å². The van der Waals surface area contributed by atoms with E-state index in [1.807, 2.05) is 48.5 Å². The van der Waals surface area contributed by atoms with Gasteiger partial charge in [-0.15, -0.1) is 0 Å². The van der Waals surface area contributed by atoms with Crippen LogP contribution in [0.2, 0.25) is 0 Å². The second-order valence-electron chi connectivity index (χ2n) is 6.82. The van der Waals surface area contributed by atoms with Crippen LogP contribution in [0.3, 0.4) is 0 Å². The Kier molecular flexibility index (Phi) is 5.22. The number of aromatic amines is 1. The molecule has 146 valence electrons. The average molecular weight is 388 g/mol. The number of anilines is 1. The molecule has 7 heteroatoms. The van der Waals surface area contributed by atoms with Crippen molar-refractivity contribution < 1.29 is 14.7 Å². The fourth-order valence-electron chi connectivity index (χ4n) is 3.22. The Morgan fingerprint density at radius 2 is 1.79 bits per heavy atom. The number of benzene rings is 3. The minimum Gasteiger partial charge on any atom is -0.394 e. The van der Waals surface area contributed by atoms with E-state index >= 15 is 0 Å². The van der Waals surface area contributed by atoms with E-state index in [1.165, 1.54) is 0 Å². The quantitative estimate of drug-likeness (QED) is 0.407. The van der Waals surface area contributed by atoms with Crippen LogP contribution in [0.15, 0.2) is 66.9 Å². The van der Waals surface area contributed by atoms with Crippen LogP contribution in [-0.4, -0.2) is 39.8 Å². The number of amides is 2. The van der Waals surface area contributed by atoms with Gasteiger partial charge in [0.15, 0.2) is 0 Å².